The standard InChI is InChI=1S/C54H65F2N7O3.C6H9NO2/c1-7-36(4)52(65)59(6)47-29-40(13-11-37(47)5)62-26-24-60(25-27-62)32-38-17-22-61(23-18-38)33-54(19-20-54)34-66-53-57-50-44(51(58-53)63-21-9-10-35(3)31-63)15-14-43(49(50)56)45-30-41(64)28-39-12-16-46(55)42(8-2)48(39)45;1-4-2-3-5(8)7-6(4)9/h2,11-16,28-30,35-36,38,64H,7,9-10,17-27,31-34H2,1,3-6H3;4H,2-3H2,1H3,(H,7,8,9). The van der Waals surface area contributed by atoms with Crippen LogP contribution in [0.1, 0.15) is 96.6 Å². The molecule has 1 aliphatic carbocycles. The number of piperidine rings is 3. The molecule has 1 saturated carbocycles. The number of aryl methyl sites for hydroxylation is 1. The largest absolute Gasteiger partial charge is 0.508 e. The van der Waals surface area contributed by atoms with Crippen molar-refractivity contribution >= 4 is 56.6 Å². The van der Waals surface area contributed by atoms with Crippen molar-refractivity contribution in [2.45, 2.75) is 92.4 Å². The number of phenols is 1. The van der Waals surface area contributed by atoms with Crippen LogP contribution in [0, 0.1) is 60.0 Å². The van der Waals surface area contributed by atoms with Crippen LogP contribution in [-0.2, 0) is 14.4 Å². The van der Waals surface area contributed by atoms with Crippen LogP contribution in [0.15, 0.2) is 54.6 Å². The summed E-state index contributed by atoms with van der Waals surface area (Å²) in [4.78, 5) is 55.6. The van der Waals surface area contributed by atoms with Gasteiger partial charge in [0.25, 0.3) is 0 Å². The lowest BCUT2D eigenvalue weighted by Gasteiger charge is -2.40. The number of aromatic nitrogens is 2. The molecular formula is C60H74F2N8O5. The predicted octanol–water partition coefficient (Wildman–Crippen LogP) is 9.72. The van der Waals surface area contributed by atoms with E-state index in [1.165, 1.54) is 36.7 Å². The molecule has 0 bridgehead atoms. The number of fused-ring (bicyclic) bond motifs is 2. The molecule has 0 spiro atoms. The molecule has 4 aromatic carbocycles. The van der Waals surface area contributed by atoms with E-state index >= 15 is 8.78 Å². The van der Waals surface area contributed by atoms with Crippen molar-refractivity contribution in [3.63, 3.8) is 0 Å². The lowest BCUT2D eigenvalue weighted by molar-refractivity contribution is -0.135. The first-order valence-electron chi connectivity index (χ1n) is 27.2. The average Bonchev–Trinajstić information content (AvgIpc) is 4.19. The number of hydrogen-bond acceptors (Lipinski definition) is 11. The van der Waals surface area contributed by atoms with E-state index in [1.807, 2.05) is 31.9 Å². The molecule has 1 aromatic heterocycles. The van der Waals surface area contributed by atoms with E-state index in [0.717, 1.165) is 109 Å². The Balaban J connectivity index is 0.000000694. The van der Waals surface area contributed by atoms with Crippen LogP contribution in [0.2, 0.25) is 0 Å². The summed E-state index contributed by atoms with van der Waals surface area (Å²) in [6, 6.07) is 15.9. The quantitative estimate of drug-likeness (QED) is 0.0863. The summed E-state index contributed by atoms with van der Waals surface area (Å²) < 4.78 is 38.6. The first-order chi connectivity index (χ1) is 36.0. The lowest BCUT2D eigenvalue weighted by atomic mass is 9.93. The van der Waals surface area contributed by atoms with Gasteiger partial charge in [-0.1, -0.05) is 51.8 Å². The van der Waals surface area contributed by atoms with Crippen molar-refractivity contribution in [1.29, 1.82) is 0 Å². The zero-order valence-corrected chi connectivity index (χ0v) is 44.7. The van der Waals surface area contributed by atoms with Gasteiger partial charge < -0.3 is 29.4 Å². The number of carbonyl (C=O) groups excluding carboxylic acids is 3. The Kier molecular flexibility index (Phi) is 16.3. The van der Waals surface area contributed by atoms with Crippen molar-refractivity contribution in [2.24, 2.45) is 29.1 Å². The van der Waals surface area contributed by atoms with Crippen molar-refractivity contribution < 1.29 is 33.0 Å². The SMILES string of the molecule is C#Cc1c(F)ccc2cc(O)cc(-c3ccc4c(N5CCCC(C)C5)nc(OCC5(CN6CCC(CN7CCN(c8ccc(C)c(N(C)C(=O)C(C)CC)c8)CC7)CC6)CC5)nc4c3F)c12.CC1CCC(=O)NC1=O. The normalized spacial score (nSPS) is 20.8. The summed E-state index contributed by atoms with van der Waals surface area (Å²) in [5.74, 6) is 2.86. The fourth-order valence-corrected chi connectivity index (χ4v) is 11.5. The molecule has 10 rings (SSSR count). The number of nitrogens with one attached hydrogen (secondary N) is 1. The monoisotopic (exact) mass is 1020 g/mol. The third kappa shape index (κ3) is 12.0. The highest BCUT2D eigenvalue weighted by molar-refractivity contribution is 6.04. The molecule has 3 unspecified atom stereocenters. The van der Waals surface area contributed by atoms with E-state index in [2.05, 4.69) is 69.8 Å². The topological polar surface area (TPSA) is 135 Å². The van der Waals surface area contributed by atoms with Gasteiger partial charge >= 0.3 is 6.01 Å². The van der Waals surface area contributed by atoms with Crippen LogP contribution in [0.4, 0.5) is 26.0 Å². The molecule has 5 aliphatic rings. The van der Waals surface area contributed by atoms with E-state index in [0.29, 0.717) is 58.8 Å². The predicted molar refractivity (Wildman–Crippen MR) is 293 cm³/mol. The number of hydrogen-bond donors (Lipinski definition) is 2. The van der Waals surface area contributed by atoms with Crippen LogP contribution in [-0.4, -0.2) is 122 Å². The maximum absolute atomic E-state index is 17.1. The summed E-state index contributed by atoms with van der Waals surface area (Å²) in [6.07, 6.45) is 14.4. The Morgan fingerprint density at radius 2 is 1.69 bits per heavy atom. The van der Waals surface area contributed by atoms with Crippen molar-refractivity contribution in [2.75, 3.05) is 93.8 Å². The molecule has 2 N–H and O–H groups in total. The van der Waals surface area contributed by atoms with Gasteiger partial charge in [0.1, 0.15) is 22.9 Å². The summed E-state index contributed by atoms with van der Waals surface area (Å²) in [7, 11) is 1.90. The van der Waals surface area contributed by atoms with E-state index in [1.54, 1.807) is 12.1 Å². The van der Waals surface area contributed by atoms with Gasteiger partial charge in [0.05, 0.1) is 12.2 Å². The first-order valence-corrected chi connectivity index (χ1v) is 27.2. The Hall–Kier alpha value is -6.37. The Morgan fingerprint density at radius 3 is 2.37 bits per heavy atom. The molecule has 4 saturated heterocycles. The lowest BCUT2D eigenvalue weighted by Crippen LogP contribution is -2.49. The van der Waals surface area contributed by atoms with E-state index in [9.17, 15) is 19.5 Å². The molecule has 75 heavy (non-hydrogen) atoms. The van der Waals surface area contributed by atoms with Gasteiger partial charge in [-0.2, -0.15) is 9.97 Å². The molecule has 398 valence electrons. The van der Waals surface area contributed by atoms with Crippen LogP contribution in [0.5, 0.6) is 11.8 Å². The third-order valence-corrected chi connectivity index (χ3v) is 16.6. The maximum Gasteiger partial charge on any atom is 0.319 e. The third-order valence-electron chi connectivity index (χ3n) is 16.6. The van der Waals surface area contributed by atoms with Crippen molar-refractivity contribution in [1.82, 2.24) is 25.1 Å². The Bertz CT molecular complexity index is 2980. The highest BCUT2D eigenvalue weighted by atomic mass is 19.1. The van der Waals surface area contributed by atoms with Gasteiger partial charge in [-0.15, -0.1) is 6.42 Å². The molecule has 3 amide bonds. The first kappa shape index (κ1) is 53.5. The van der Waals surface area contributed by atoms with Gasteiger partial charge in [0.2, 0.25) is 17.7 Å². The second-order valence-electron chi connectivity index (χ2n) is 22.3. The van der Waals surface area contributed by atoms with Gasteiger partial charge in [0.15, 0.2) is 5.82 Å². The number of aromatic hydroxyl groups is 1. The van der Waals surface area contributed by atoms with Gasteiger partial charge in [-0.25, -0.2) is 8.78 Å². The summed E-state index contributed by atoms with van der Waals surface area (Å²) in [6.45, 7) is 20.5. The van der Waals surface area contributed by atoms with Crippen LogP contribution in [0.3, 0.4) is 0 Å². The number of ether oxygens (including phenoxy) is 1. The van der Waals surface area contributed by atoms with E-state index in [4.69, 9.17) is 21.1 Å². The van der Waals surface area contributed by atoms with E-state index < -0.39 is 11.6 Å². The smallest absolute Gasteiger partial charge is 0.319 e. The minimum absolute atomic E-state index is 0.00238. The van der Waals surface area contributed by atoms with Gasteiger partial charge in [-0.3, -0.25) is 24.6 Å². The second-order valence-corrected chi connectivity index (χ2v) is 22.3. The molecule has 3 atom stereocenters. The molecule has 0 radical (unpaired) electrons. The minimum atomic E-state index is -0.601. The van der Waals surface area contributed by atoms with Crippen LogP contribution in [0.25, 0.3) is 32.8 Å². The number of carbonyl (C=O) groups is 3. The number of piperazine rings is 1. The number of rotatable bonds is 13. The average molecular weight is 1030 g/mol. The minimum Gasteiger partial charge on any atom is -0.508 e. The number of terminal acetylenes is 1. The Morgan fingerprint density at radius 1 is 0.933 bits per heavy atom. The number of phenolic OH excluding ortho intramolecular Hbond substituents is 1. The maximum atomic E-state index is 17.1. The van der Waals surface area contributed by atoms with Crippen molar-refractivity contribution in [3.05, 3.63) is 77.4 Å². The van der Waals surface area contributed by atoms with Crippen molar-refractivity contribution in [3.8, 4) is 35.2 Å². The number of likely N-dealkylation sites (tertiary alicyclic amines) is 1. The molecule has 5 aromatic rings. The molecule has 5 heterocycles. The summed E-state index contributed by atoms with van der Waals surface area (Å²) in [5, 5.41) is 14.4. The number of halogens is 2. The number of amides is 3. The molecular weight excluding hydrogens is 951 g/mol. The zero-order chi connectivity index (χ0) is 53.1. The Labute approximate surface area is 441 Å². The number of nitrogens with zero attached hydrogens (tertiary/aromatic N) is 7. The van der Waals surface area contributed by atoms with Crippen LogP contribution < -0.4 is 24.8 Å². The van der Waals surface area contributed by atoms with Gasteiger partial charge in [0, 0.05) is 111 Å². The van der Waals surface area contributed by atoms with Crippen LogP contribution >= 0.6 is 0 Å². The molecule has 5 fully saturated rings. The number of benzene rings is 4. The fourth-order valence-electron chi connectivity index (χ4n) is 11.5. The highest BCUT2D eigenvalue weighted by Crippen LogP contribution is 2.47. The highest BCUT2D eigenvalue weighted by Gasteiger charge is 2.45. The second kappa shape index (κ2) is 22.8. The number of anilines is 3. The molecule has 15 heteroatoms. The summed E-state index contributed by atoms with van der Waals surface area (Å²) in [5.41, 5.74) is 3.90. The number of imide groups is 1. The summed E-state index contributed by atoms with van der Waals surface area (Å²) >= 11 is 0. The van der Waals surface area contributed by atoms with E-state index in [-0.39, 0.29) is 63.4 Å². The molecule has 13 nitrogen and oxygen atoms in total. The zero-order valence-electron chi connectivity index (χ0n) is 44.7. The van der Waals surface area contributed by atoms with Gasteiger partial charge in [-0.05, 0) is 136 Å². The fraction of sp³-hybridized carbons (Fsp3) is 0.517. The molecule has 4 aliphatic heterocycles.